The maximum atomic E-state index is 11.9. The van der Waals surface area contributed by atoms with E-state index >= 15 is 0 Å². The number of carbonyl (C=O) groups excluding carboxylic acids is 1. The van der Waals surface area contributed by atoms with E-state index in [0.717, 1.165) is 45.9 Å². The van der Waals surface area contributed by atoms with E-state index in [1.165, 1.54) is 7.11 Å². The van der Waals surface area contributed by atoms with Crippen LogP contribution in [0, 0.1) is 13.8 Å². The van der Waals surface area contributed by atoms with Gasteiger partial charge in [-0.15, -0.1) is 0 Å². The molecule has 29 heavy (non-hydrogen) atoms. The molecule has 2 rings (SSSR count). The fourth-order valence-corrected chi connectivity index (χ4v) is 3.08. The molecule has 2 aromatic rings. The number of hydrogen-bond donors (Lipinski definition) is 1. The highest BCUT2D eigenvalue weighted by Gasteiger charge is 2.21. The van der Waals surface area contributed by atoms with Crippen LogP contribution in [0.25, 0.3) is 0 Å². The Labute approximate surface area is 173 Å². The molecule has 0 spiro atoms. The summed E-state index contributed by atoms with van der Waals surface area (Å²) < 4.78 is 10.3. The Kier molecular flexibility index (Phi) is 7.76. The number of rotatable bonds is 7. The SMILES string of the molecule is CCN/N=C(\C)c1ccc(Cc2c(C(C)C)nc(C)c(C)c2OC(=O)OC)cc1. The first-order chi connectivity index (χ1) is 13.8. The van der Waals surface area contributed by atoms with Gasteiger partial charge in [0, 0.05) is 29.8 Å². The normalized spacial score (nSPS) is 11.5. The van der Waals surface area contributed by atoms with Gasteiger partial charge in [0.2, 0.25) is 0 Å². The predicted molar refractivity (Wildman–Crippen MR) is 116 cm³/mol. The first kappa shape index (κ1) is 22.4. The van der Waals surface area contributed by atoms with E-state index in [0.29, 0.717) is 12.2 Å². The second-order valence-corrected chi connectivity index (χ2v) is 7.31. The molecule has 0 unspecified atom stereocenters. The minimum Gasteiger partial charge on any atom is -0.437 e. The van der Waals surface area contributed by atoms with Crippen molar-refractivity contribution in [3.8, 4) is 5.75 Å². The molecule has 1 aromatic carbocycles. The van der Waals surface area contributed by atoms with Crippen LogP contribution in [0.3, 0.4) is 0 Å². The van der Waals surface area contributed by atoms with Gasteiger partial charge in [0.15, 0.2) is 0 Å². The highest BCUT2D eigenvalue weighted by atomic mass is 16.7. The Morgan fingerprint density at radius 3 is 2.41 bits per heavy atom. The van der Waals surface area contributed by atoms with Gasteiger partial charge in [0.25, 0.3) is 0 Å². The monoisotopic (exact) mass is 397 g/mol. The summed E-state index contributed by atoms with van der Waals surface area (Å²) in [6.45, 7) is 12.8. The molecule has 6 nitrogen and oxygen atoms in total. The average molecular weight is 398 g/mol. The minimum absolute atomic E-state index is 0.193. The first-order valence-electron chi connectivity index (χ1n) is 9.90. The molecular weight excluding hydrogens is 366 g/mol. The van der Waals surface area contributed by atoms with Crippen molar-refractivity contribution in [3.63, 3.8) is 0 Å². The molecule has 1 N–H and O–H groups in total. The summed E-state index contributed by atoms with van der Waals surface area (Å²) in [5.74, 6) is 0.736. The van der Waals surface area contributed by atoms with E-state index in [1.54, 1.807) is 0 Å². The van der Waals surface area contributed by atoms with Crippen molar-refractivity contribution in [3.05, 3.63) is 57.9 Å². The minimum atomic E-state index is -0.722. The van der Waals surface area contributed by atoms with Gasteiger partial charge in [0.1, 0.15) is 5.75 Å². The van der Waals surface area contributed by atoms with Crippen LogP contribution in [0.5, 0.6) is 5.75 Å². The molecule has 0 atom stereocenters. The number of pyridine rings is 1. The van der Waals surface area contributed by atoms with Crippen molar-refractivity contribution in [2.45, 2.75) is 53.9 Å². The molecule has 0 radical (unpaired) electrons. The van der Waals surface area contributed by atoms with Crippen LogP contribution in [0.15, 0.2) is 29.4 Å². The first-order valence-corrected chi connectivity index (χ1v) is 9.90. The maximum Gasteiger partial charge on any atom is 0.513 e. The number of benzene rings is 1. The largest absolute Gasteiger partial charge is 0.513 e. The molecule has 0 amide bonds. The van der Waals surface area contributed by atoms with Crippen LogP contribution in [0.2, 0.25) is 0 Å². The molecule has 0 saturated carbocycles. The smallest absolute Gasteiger partial charge is 0.437 e. The highest BCUT2D eigenvalue weighted by molar-refractivity contribution is 5.98. The Morgan fingerprint density at radius 2 is 1.86 bits per heavy atom. The van der Waals surface area contributed by atoms with Crippen molar-refractivity contribution in [1.29, 1.82) is 0 Å². The third-order valence-corrected chi connectivity index (χ3v) is 4.81. The van der Waals surface area contributed by atoms with Crippen LogP contribution >= 0.6 is 0 Å². The standard InChI is InChI=1S/C23H31N3O3/c1-8-24-26-17(6)19-11-9-18(10-12-19)13-20-21(14(2)3)25-16(5)15(4)22(20)29-23(27)28-7/h9-12,14,24H,8,13H2,1-7H3/b26-17+. The van der Waals surface area contributed by atoms with E-state index < -0.39 is 6.16 Å². The van der Waals surface area contributed by atoms with Crippen LogP contribution in [-0.4, -0.2) is 30.5 Å². The summed E-state index contributed by atoms with van der Waals surface area (Å²) >= 11 is 0. The van der Waals surface area contributed by atoms with Gasteiger partial charge in [-0.25, -0.2) is 4.79 Å². The lowest BCUT2D eigenvalue weighted by molar-refractivity contribution is 0.120. The third-order valence-electron chi connectivity index (χ3n) is 4.81. The van der Waals surface area contributed by atoms with Crippen molar-refractivity contribution < 1.29 is 14.3 Å². The van der Waals surface area contributed by atoms with Crippen molar-refractivity contribution in [1.82, 2.24) is 10.4 Å². The number of nitrogens with zero attached hydrogens (tertiary/aromatic N) is 2. The molecule has 0 aliphatic rings. The second kappa shape index (κ2) is 10.0. The van der Waals surface area contributed by atoms with Crippen molar-refractivity contribution in [2.24, 2.45) is 5.10 Å². The van der Waals surface area contributed by atoms with Gasteiger partial charge in [0.05, 0.1) is 18.5 Å². The van der Waals surface area contributed by atoms with E-state index in [2.05, 4.69) is 48.6 Å². The zero-order chi connectivity index (χ0) is 21.6. The fourth-order valence-electron chi connectivity index (χ4n) is 3.08. The number of methoxy groups -OCH3 is 1. The molecule has 0 fully saturated rings. The molecule has 0 saturated heterocycles. The summed E-state index contributed by atoms with van der Waals surface area (Å²) in [5.41, 5.74) is 9.62. The molecule has 1 heterocycles. The zero-order valence-electron chi connectivity index (χ0n) is 18.4. The molecule has 0 aliphatic carbocycles. The third kappa shape index (κ3) is 5.56. The van der Waals surface area contributed by atoms with Gasteiger partial charge in [-0.3, -0.25) is 4.98 Å². The number of carbonyl (C=O) groups is 1. The summed E-state index contributed by atoms with van der Waals surface area (Å²) in [6.07, 6.45) is -0.113. The van der Waals surface area contributed by atoms with Gasteiger partial charge in [-0.2, -0.15) is 5.10 Å². The number of hydrogen-bond acceptors (Lipinski definition) is 6. The van der Waals surface area contributed by atoms with Crippen molar-refractivity contribution >= 4 is 11.9 Å². The lowest BCUT2D eigenvalue weighted by Crippen LogP contribution is -2.14. The molecule has 6 heteroatoms. The van der Waals surface area contributed by atoms with E-state index in [1.807, 2.05) is 27.7 Å². The quantitative estimate of drug-likeness (QED) is 0.409. The summed E-state index contributed by atoms with van der Waals surface area (Å²) in [6, 6.07) is 8.24. The number of aryl methyl sites for hydroxylation is 1. The van der Waals surface area contributed by atoms with Crippen LogP contribution < -0.4 is 10.2 Å². The molecule has 1 aromatic heterocycles. The van der Waals surface area contributed by atoms with Crippen LogP contribution in [0.4, 0.5) is 4.79 Å². The number of hydrazone groups is 1. The van der Waals surface area contributed by atoms with Gasteiger partial charge >= 0.3 is 6.16 Å². The van der Waals surface area contributed by atoms with E-state index in [9.17, 15) is 4.79 Å². The highest BCUT2D eigenvalue weighted by Crippen LogP contribution is 2.33. The van der Waals surface area contributed by atoms with E-state index in [-0.39, 0.29) is 5.92 Å². The molecule has 0 aliphatic heterocycles. The van der Waals surface area contributed by atoms with Gasteiger partial charge in [-0.05, 0) is 44.7 Å². The Bertz CT molecular complexity index is 887. The fraction of sp³-hybridized carbons (Fsp3) is 0.435. The Balaban J connectivity index is 2.45. The van der Waals surface area contributed by atoms with Crippen LogP contribution in [-0.2, 0) is 11.2 Å². The topological polar surface area (TPSA) is 72.8 Å². The summed E-state index contributed by atoms with van der Waals surface area (Å²) in [7, 11) is 1.31. The average Bonchev–Trinajstić information content (AvgIpc) is 2.71. The number of aromatic nitrogens is 1. The lowest BCUT2D eigenvalue weighted by Gasteiger charge is -2.20. The molecular formula is C23H31N3O3. The maximum absolute atomic E-state index is 11.9. The zero-order valence-corrected chi connectivity index (χ0v) is 18.4. The van der Waals surface area contributed by atoms with Crippen LogP contribution in [0.1, 0.15) is 67.3 Å². The lowest BCUT2D eigenvalue weighted by atomic mass is 9.94. The summed E-state index contributed by atoms with van der Waals surface area (Å²) in [5, 5.41) is 4.33. The number of nitrogens with one attached hydrogen (secondary N) is 1. The Hall–Kier alpha value is -2.89. The van der Waals surface area contributed by atoms with Gasteiger partial charge < -0.3 is 14.9 Å². The predicted octanol–water partition coefficient (Wildman–Crippen LogP) is 4.89. The molecule has 0 bridgehead atoms. The second-order valence-electron chi connectivity index (χ2n) is 7.31. The van der Waals surface area contributed by atoms with Gasteiger partial charge in [-0.1, -0.05) is 38.1 Å². The Morgan fingerprint density at radius 1 is 1.21 bits per heavy atom. The van der Waals surface area contributed by atoms with E-state index in [4.69, 9.17) is 14.5 Å². The number of ether oxygens (including phenoxy) is 2. The molecule has 156 valence electrons. The van der Waals surface area contributed by atoms with Crippen molar-refractivity contribution in [2.75, 3.05) is 13.7 Å². The summed E-state index contributed by atoms with van der Waals surface area (Å²) in [4.78, 5) is 16.6.